The number of rotatable bonds is 26. The van der Waals surface area contributed by atoms with E-state index in [0.717, 1.165) is 64.2 Å². The molecular formula is C32H56O4. The van der Waals surface area contributed by atoms with Crippen LogP contribution in [0.2, 0.25) is 0 Å². The van der Waals surface area contributed by atoms with Crippen molar-refractivity contribution in [2.75, 3.05) is 0 Å². The van der Waals surface area contributed by atoms with E-state index in [9.17, 15) is 9.59 Å². The van der Waals surface area contributed by atoms with E-state index in [1.807, 2.05) is 0 Å². The highest BCUT2D eigenvalue weighted by Crippen LogP contribution is 2.16. The van der Waals surface area contributed by atoms with Gasteiger partial charge in [-0.3, -0.25) is 9.59 Å². The minimum Gasteiger partial charge on any atom is -0.481 e. The summed E-state index contributed by atoms with van der Waals surface area (Å²) in [5.41, 5.74) is 0. The Morgan fingerprint density at radius 1 is 0.639 bits per heavy atom. The van der Waals surface area contributed by atoms with E-state index in [0.29, 0.717) is 12.8 Å². The van der Waals surface area contributed by atoms with Crippen LogP contribution in [0.5, 0.6) is 0 Å². The van der Waals surface area contributed by atoms with Crippen LogP contribution in [0.25, 0.3) is 0 Å². The summed E-state index contributed by atoms with van der Waals surface area (Å²) in [5.74, 6) is -0.982. The molecule has 0 heterocycles. The third-order valence-corrected chi connectivity index (χ3v) is 6.39. The summed E-state index contributed by atoms with van der Waals surface area (Å²) in [6.45, 7) is 4.38. The van der Waals surface area contributed by atoms with Crippen LogP contribution in [-0.4, -0.2) is 23.1 Å². The molecule has 4 heteroatoms. The Kier molecular flexibility index (Phi) is 26.3. The van der Waals surface area contributed by atoms with Crippen molar-refractivity contribution in [3.63, 3.8) is 0 Å². The Morgan fingerprint density at radius 2 is 1.19 bits per heavy atom. The second-order valence-corrected chi connectivity index (χ2v) is 9.91. The van der Waals surface area contributed by atoms with Crippen LogP contribution in [-0.2, 0) is 14.3 Å². The summed E-state index contributed by atoms with van der Waals surface area (Å²) >= 11 is 0. The average molecular weight is 505 g/mol. The molecule has 0 aromatic carbocycles. The third-order valence-electron chi connectivity index (χ3n) is 6.39. The van der Waals surface area contributed by atoms with Crippen molar-refractivity contribution in [2.24, 2.45) is 0 Å². The lowest BCUT2D eigenvalue weighted by atomic mass is 10.0. The molecular weight excluding hydrogens is 448 g/mol. The van der Waals surface area contributed by atoms with Gasteiger partial charge < -0.3 is 9.84 Å². The first kappa shape index (κ1) is 34.2. The zero-order valence-electron chi connectivity index (χ0n) is 23.6. The van der Waals surface area contributed by atoms with E-state index in [2.05, 4.69) is 50.3 Å². The van der Waals surface area contributed by atoms with Gasteiger partial charge in [0.1, 0.15) is 6.10 Å². The predicted octanol–water partition coefficient (Wildman–Crippen LogP) is 9.88. The van der Waals surface area contributed by atoms with E-state index >= 15 is 0 Å². The number of hydrogen-bond acceptors (Lipinski definition) is 3. The molecule has 0 aliphatic rings. The molecule has 0 radical (unpaired) electrons. The Labute approximate surface area is 222 Å². The van der Waals surface area contributed by atoms with E-state index < -0.39 is 5.97 Å². The van der Waals surface area contributed by atoms with Crippen molar-refractivity contribution in [3.8, 4) is 0 Å². The molecule has 1 unspecified atom stereocenters. The first-order chi connectivity index (χ1) is 17.6. The lowest BCUT2D eigenvalue weighted by Gasteiger charge is -2.17. The van der Waals surface area contributed by atoms with Crippen LogP contribution in [0.1, 0.15) is 149 Å². The van der Waals surface area contributed by atoms with Gasteiger partial charge in [0, 0.05) is 12.8 Å². The number of allylic oxidation sites excluding steroid dienone is 6. The monoisotopic (exact) mass is 504 g/mol. The second kappa shape index (κ2) is 27.7. The second-order valence-electron chi connectivity index (χ2n) is 9.91. The van der Waals surface area contributed by atoms with E-state index in [1.54, 1.807) is 0 Å². The number of aliphatic carboxylic acids is 1. The number of unbranched alkanes of at least 4 members (excludes halogenated alkanes) is 12. The lowest BCUT2D eigenvalue weighted by molar-refractivity contribution is -0.151. The van der Waals surface area contributed by atoms with Crippen LogP contribution in [0, 0.1) is 0 Å². The highest BCUT2D eigenvalue weighted by molar-refractivity contribution is 5.69. The van der Waals surface area contributed by atoms with Gasteiger partial charge in [0.05, 0.1) is 0 Å². The highest BCUT2D eigenvalue weighted by atomic mass is 16.5. The largest absolute Gasteiger partial charge is 0.481 e. The first-order valence-corrected chi connectivity index (χ1v) is 15.0. The zero-order valence-corrected chi connectivity index (χ0v) is 23.6. The molecule has 4 nitrogen and oxygen atoms in total. The maximum absolute atomic E-state index is 12.3. The van der Waals surface area contributed by atoms with E-state index in [4.69, 9.17) is 9.84 Å². The van der Waals surface area contributed by atoms with Gasteiger partial charge in [-0.05, 0) is 57.8 Å². The lowest BCUT2D eigenvalue weighted by Crippen LogP contribution is -2.19. The fourth-order valence-corrected chi connectivity index (χ4v) is 4.19. The number of carbonyl (C=O) groups excluding carboxylic acids is 1. The molecule has 0 saturated carbocycles. The SMILES string of the molecule is CC/C=C\C/C=C\C/C=C\CCCCCCCC(=O)OC(CCCCCCCCCC)CCC(=O)O. The van der Waals surface area contributed by atoms with Crippen molar-refractivity contribution in [3.05, 3.63) is 36.5 Å². The van der Waals surface area contributed by atoms with Crippen molar-refractivity contribution in [1.29, 1.82) is 0 Å². The fraction of sp³-hybridized carbons (Fsp3) is 0.750. The van der Waals surface area contributed by atoms with E-state index in [-0.39, 0.29) is 18.5 Å². The van der Waals surface area contributed by atoms with Crippen LogP contribution >= 0.6 is 0 Å². The minimum atomic E-state index is -0.821. The molecule has 0 bridgehead atoms. The van der Waals surface area contributed by atoms with Crippen molar-refractivity contribution in [1.82, 2.24) is 0 Å². The van der Waals surface area contributed by atoms with Gasteiger partial charge in [-0.15, -0.1) is 0 Å². The molecule has 208 valence electrons. The zero-order chi connectivity index (χ0) is 26.5. The van der Waals surface area contributed by atoms with Gasteiger partial charge >= 0.3 is 11.9 Å². The summed E-state index contributed by atoms with van der Waals surface area (Å²) < 4.78 is 5.66. The molecule has 0 aliphatic heterocycles. The Bertz CT molecular complexity index is 591. The number of hydrogen-bond donors (Lipinski definition) is 1. The van der Waals surface area contributed by atoms with Gasteiger partial charge in [-0.2, -0.15) is 0 Å². The quantitative estimate of drug-likeness (QED) is 0.0723. The van der Waals surface area contributed by atoms with Gasteiger partial charge in [0.2, 0.25) is 0 Å². The summed E-state index contributed by atoms with van der Waals surface area (Å²) in [6, 6.07) is 0. The topological polar surface area (TPSA) is 63.6 Å². The summed E-state index contributed by atoms with van der Waals surface area (Å²) in [6.07, 6.45) is 34.3. The summed E-state index contributed by atoms with van der Waals surface area (Å²) in [4.78, 5) is 23.2. The Balaban J connectivity index is 3.83. The molecule has 1 atom stereocenters. The molecule has 0 saturated heterocycles. The standard InChI is InChI=1S/C32H56O4/c1-3-5-7-9-11-13-14-15-16-17-18-19-21-23-25-27-32(35)36-30(28-29-31(33)34)26-24-22-20-12-10-8-6-4-2/h5,7,11,13,15-16,30H,3-4,6,8-10,12,14,17-29H2,1-2H3,(H,33,34)/b7-5-,13-11-,16-15-. The van der Waals surface area contributed by atoms with Crippen LogP contribution in [0.4, 0.5) is 0 Å². The maximum Gasteiger partial charge on any atom is 0.306 e. The van der Waals surface area contributed by atoms with Gasteiger partial charge in [-0.25, -0.2) is 0 Å². The predicted molar refractivity (Wildman–Crippen MR) is 153 cm³/mol. The molecule has 0 aromatic rings. The van der Waals surface area contributed by atoms with Crippen molar-refractivity contribution < 1.29 is 19.4 Å². The molecule has 0 spiro atoms. The van der Waals surface area contributed by atoms with Gasteiger partial charge in [-0.1, -0.05) is 115 Å². The summed E-state index contributed by atoms with van der Waals surface area (Å²) in [7, 11) is 0. The number of esters is 1. The number of ether oxygens (including phenoxy) is 1. The van der Waals surface area contributed by atoms with Crippen LogP contribution in [0.3, 0.4) is 0 Å². The maximum atomic E-state index is 12.3. The molecule has 1 N–H and O–H groups in total. The molecule has 36 heavy (non-hydrogen) atoms. The smallest absolute Gasteiger partial charge is 0.306 e. The van der Waals surface area contributed by atoms with Crippen LogP contribution < -0.4 is 0 Å². The average Bonchev–Trinajstić information content (AvgIpc) is 2.86. The first-order valence-electron chi connectivity index (χ1n) is 15.0. The Hall–Kier alpha value is -1.84. The number of carbonyl (C=O) groups is 2. The van der Waals surface area contributed by atoms with E-state index in [1.165, 1.54) is 51.4 Å². The van der Waals surface area contributed by atoms with Gasteiger partial charge in [0.25, 0.3) is 0 Å². The number of carboxylic acids is 1. The summed E-state index contributed by atoms with van der Waals surface area (Å²) in [5, 5.41) is 9.01. The normalized spacial score (nSPS) is 12.7. The molecule has 0 rings (SSSR count). The minimum absolute atomic E-state index is 0.0655. The Morgan fingerprint density at radius 3 is 1.83 bits per heavy atom. The van der Waals surface area contributed by atoms with Crippen molar-refractivity contribution >= 4 is 11.9 Å². The fourth-order valence-electron chi connectivity index (χ4n) is 4.19. The number of carboxylic acid groups (broad SMARTS) is 1. The van der Waals surface area contributed by atoms with Gasteiger partial charge in [0.15, 0.2) is 0 Å². The molecule has 0 aliphatic carbocycles. The molecule has 0 amide bonds. The highest BCUT2D eigenvalue weighted by Gasteiger charge is 2.15. The van der Waals surface area contributed by atoms with Crippen molar-refractivity contribution in [2.45, 2.75) is 155 Å². The third kappa shape index (κ3) is 26.8. The molecule has 0 fully saturated rings. The van der Waals surface area contributed by atoms with Crippen LogP contribution in [0.15, 0.2) is 36.5 Å². The molecule has 0 aromatic heterocycles.